The number of allylic oxidation sites excluding steroid dienone is 2. The van der Waals surface area contributed by atoms with Gasteiger partial charge in [-0.05, 0) is 19.1 Å². The van der Waals surface area contributed by atoms with Gasteiger partial charge in [0.25, 0.3) is 0 Å². The summed E-state index contributed by atoms with van der Waals surface area (Å²) < 4.78 is 0.977. The van der Waals surface area contributed by atoms with Crippen molar-refractivity contribution in [2.24, 2.45) is 0 Å². The van der Waals surface area contributed by atoms with Crippen molar-refractivity contribution in [3.63, 3.8) is 0 Å². The van der Waals surface area contributed by atoms with Crippen molar-refractivity contribution < 1.29 is 5.11 Å². The van der Waals surface area contributed by atoms with Crippen LogP contribution in [0.4, 0.5) is 0 Å². The summed E-state index contributed by atoms with van der Waals surface area (Å²) in [5.41, 5.74) is 0.962. The second-order valence-electron chi connectivity index (χ2n) is 3.47. The molecule has 0 amide bonds. The van der Waals surface area contributed by atoms with E-state index >= 15 is 0 Å². The first-order chi connectivity index (χ1) is 8.13. The number of hydrogen-bond acceptors (Lipinski definition) is 4. The molecule has 1 aromatic carbocycles. The van der Waals surface area contributed by atoms with Crippen LogP contribution in [-0.2, 0) is 0 Å². The lowest BCUT2D eigenvalue weighted by Crippen LogP contribution is -1.99. The Labute approximate surface area is 108 Å². The van der Waals surface area contributed by atoms with E-state index in [0.717, 1.165) is 10.2 Å². The molecule has 1 N–H and O–H groups in total. The van der Waals surface area contributed by atoms with Gasteiger partial charge in [-0.15, -0.1) is 22.9 Å². The maximum absolute atomic E-state index is 9.76. The molecule has 0 saturated carbocycles. The zero-order chi connectivity index (χ0) is 12.4. The van der Waals surface area contributed by atoms with E-state index in [1.54, 1.807) is 6.92 Å². The number of thiazole rings is 1. The first-order valence-electron chi connectivity index (χ1n) is 4.96. The monoisotopic (exact) mass is 264 g/mol. The maximum atomic E-state index is 9.76. The van der Waals surface area contributed by atoms with Gasteiger partial charge in [0, 0.05) is 0 Å². The van der Waals surface area contributed by atoms with Crippen molar-refractivity contribution in [3.8, 4) is 6.07 Å². The van der Waals surface area contributed by atoms with Gasteiger partial charge in [-0.1, -0.05) is 12.1 Å². The molecule has 0 unspecified atom stereocenters. The second-order valence-corrected chi connectivity index (χ2v) is 5.16. The molecule has 0 fully saturated rings. The number of nitrogens with zero attached hydrogens (tertiary/aromatic N) is 2. The minimum Gasteiger partial charge on any atom is -0.509 e. The number of aromatic nitrogens is 1. The summed E-state index contributed by atoms with van der Waals surface area (Å²) in [5, 5.41) is 18.7. The standard InChI is InChI=1S/C12H9ClN2OS/c1-7(13)11(16)8(6-14)12-15-9-4-2-3-5-10(9)17-12/h2-5,7,16H,1H3/b11-8-/t7-/m0/s1. The number of alkyl halides is 1. The van der Waals surface area contributed by atoms with Gasteiger partial charge in [-0.2, -0.15) is 5.26 Å². The Kier molecular flexibility index (Phi) is 3.32. The number of rotatable bonds is 2. The average Bonchev–Trinajstić information content (AvgIpc) is 2.72. The molecule has 0 aliphatic carbocycles. The molecule has 0 bridgehead atoms. The smallest absolute Gasteiger partial charge is 0.138 e. The molecule has 86 valence electrons. The van der Waals surface area contributed by atoms with Crippen molar-refractivity contribution in [3.05, 3.63) is 35.0 Å². The lowest BCUT2D eigenvalue weighted by atomic mass is 10.2. The Balaban J connectivity index is 2.60. The molecule has 0 aliphatic heterocycles. The van der Waals surface area contributed by atoms with Crippen LogP contribution in [0.15, 0.2) is 30.0 Å². The van der Waals surface area contributed by atoms with E-state index in [-0.39, 0.29) is 11.3 Å². The van der Waals surface area contributed by atoms with Gasteiger partial charge in [-0.3, -0.25) is 0 Å². The number of aliphatic hydroxyl groups excluding tert-OH is 1. The molecular formula is C12H9ClN2OS. The lowest BCUT2D eigenvalue weighted by molar-refractivity contribution is 0.400. The van der Waals surface area contributed by atoms with Gasteiger partial charge in [-0.25, -0.2) is 4.98 Å². The van der Waals surface area contributed by atoms with Gasteiger partial charge >= 0.3 is 0 Å². The molecule has 0 spiro atoms. The predicted molar refractivity (Wildman–Crippen MR) is 70.1 cm³/mol. The molecule has 2 aromatic rings. The van der Waals surface area contributed by atoms with Crippen molar-refractivity contribution in [2.45, 2.75) is 12.3 Å². The molecule has 3 nitrogen and oxygen atoms in total. The highest BCUT2D eigenvalue weighted by atomic mass is 35.5. The molecule has 1 aromatic heterocycles. The number of para-hydroxylation sites is 1. The Bertz CT molecular complexity index is 592. The first kappa shape index (κ1) is 11.9. The number of benzene rings is 1. The van der Waals surface area contributed by atoms with E-state index in [4.69, 9.17) is 16.9 Å². The number of halogens is 1. The topological polar surface area (TPSA) is 56.9 Å². The minimum absolute atomic E-state index is 0.131. The highest BCUT2D eigenvalue weighted by molar-refractivity contribution is 7.19. The van der Waals surface area contributed by atoms with E-state index in [1.807, 2.05) is 30.3 Å². The summed E-state index contributed by atoms with van der Waals surface area (Å²) in [7, 11) is 0. The highest BCUT2D eigenvalue weighted by Gasteiger charge is 2.16. The molecule has 5 heteroatoms. The van der Waals surface area contributed by atoms with Crippen LogP contribution in [0.1, 0.15) is 11.9 Å². The van der Waals surface area contributed by atoms with Crippen LogP contribution < -0.4 is 0 Å². The Hall–Kier alpha value is -1.57. The predicted octanol–water partition coefficient (Wildman–Crippen LogP) is 3.72. The summed E-state index contributed by atoms with van der Waals surface area (Å²) in [6, 6.07) is 9.53. The quantitative estimate of drug-likeness (QED) is 0.511. The van der Waals surface area contributed by atoms with E-state index in [0.29, 0.717) is 5.01 Å². The van der Waals surface area contributed by atoms with Crippen LogP contribution in [0, 0.1) is 11.3 Å². The molecule has 17 heavy (non-hydrogen) atoms. The number of aliphatic hydroxyl groups is 1. The van der Waals surface area contributed by atoms with Crippen molar-refractivity contribution in [2.75, 3.05) is 0 Å². The fraction of sp³-hybridized carbons (Fsp3) is 0.167. The minimum atomic E-state index is -0.600. The third-order valence-corrected chi connectivity index (χ3v) is 3.51. The molecule has 1 heterocycles. The zero-order valence-corrected chi connectivity index (χ0v) is 10.6. The van der Waals surface area contributed by atoms with Crippen molar-refractivity contribution >= 4 is 38.7 Å². The molecular weight excluding hydrogens is 256 g/mol. The number of fused-ring (bicyclic) bond motifs is 1. The molecule has 1 atom stereocenters. The fourth-order valence-corrected chi connectivity index (χ4v) is 2.47. The molecule has 0 aliphatic rings. The fourth-order valence-electron chi connectivity index (χ4n) is 1.39. The summed E-state index contributed by atoms with van der Waals surface area (Å²) in [6.07, 6.45) is 0. The van der Waals surface area contributed by atoms with Gasteiger partial charge < -0.3 is 5.11 Å². The lowest BCUT2D eigenvalue weighted by Gasteiger charge is -2.02. The van der Waals surface area contributed by atoms with Crippen LogP contribution in [0.3, 0.4) is 0 Å². The van der Waals surface area contributed by atoms with Gasteiger partial charge in [0.1, 0.15) is 22.4 Å². The highest BCUT2D eigenvalue weighted by Crippen LogP contribution is 2.29. The summed E-state index contributed by atoms with van der Waals surface area (Å²) in [4.78, 5) is 4.31. The van der Waals surface area contributed by atoms with E-state index < -0.39 is 5.38 Å². The van der Waals surface area contributed by atoms with Crippen LogP contribution >= 0.6 is 22.9 Å². The van der Waals surface area contributed by atoms with Crippen LogP contribution in [-0.4, -0.2) is 15.5 Å². The van der Waals surface area contributed by atoms with E-state index in [1.165, 1.54) is 11.3 Å². The Morgan fingerprint density at radius 3 is 2.82 bits per heavy atom. The van der Waals surface area contributed by atoms with E-state index in [2.05, 4.69) is 4.98 Å². The van der Waals surface area contributed by atoms with Crippen LogP contribution in [0.2, 0.25) is 0 Å². The third-order valence-electron chi connectivity index (χ3n) is 2.25. The van der Waals surface area contributed by atoms with Gasteiger partial charge in [0.2, 0.25) is 0 Å². The second kappa shape index (κ2) is 4.74. The summed E-state index contributed by atoms with van der Waals surface area (Å²) in [6.45, 7) is 1.61. The molecule has 0 saturated heterocycles. The SMILES string of the molecule is C[C@H](Cl)/C(O)=C(\C#N)c1nc2ccccc2s1. The van der Waals surface area contributed by atoms with Crippen molar-refractivity contribution in [1.29, 1.82) is 5.26 Å². The van der Waals surface area contributed by atoms with Gasteiger partial charge in [0.05, 0.1) is 15.6 Å². The van der Waals surface area contributed by atoms with Crippen LogP contribution in [0.5, 0.6) is 0 Å². The third kappa shape index (κ3) is 2.26. The number of nitriles is 1. The zero-order valence-electron chi connectivity index (χ0n) is 9.01. The van der Waals surface area contributed by atoms with Crippen LogP contribution in [0.25, 0.3) is 15.8 Å². The Morgan fingerprint density at radius 2 is 2.24 bits per heavy atom. The number of hydrogen-bond donors (Lipinski definition) is 1. The van der Waals surface area contributed by atoms with Gasteiger partial charge in [0.15, 0.2) is 0 Å². The van der Waals surface area contributed by atoms with Crippen molar-refractivity contribution in [1.82, 2.24) is 4.98 Å². The largest absolute Gasteiger partial charge is 0.509 e. The molecule has 2 rings (SSSR count). The molecule has 0 radical (unpaired) electrons. The normalized spacial score (nSPS) is 14.2. The first-order valence-corrected chi connectivity index (χ1v) is 6.22. The summed E-state index contributed by atoms with van der Waals surface area (Å²) >= 11 is 7.13. The average molecular weight is 265 g/mol. The van der Waals surface area contributed by atoms with E-state index in [9.17, 15) is 5.11 Å². The maximum Gasteiger partial charge on any atom is 0.138 e. The Morgan fingerprint density at radius 1 is 1.53 bits per heavy atom. The summed E-state index contributed by atoms with van der Waals surface area (Å²) in [5.74, 6) is -0.131.